The summed E-state index contributed by atoms with van der Waals surface area (Å²) in [6.45, 7) is 2.75. The average molecular weight is 286 g/mol. The Morgan fingerprint density at radius 3 is 1.38 bits per heavy atom. The van der Waals surface area contributed by atoms with Crippen molar-refractivity contribution in [2.24, 2.45) is 11.5 Å². The third-order valence-electron chi connectivity index (χ3n) is 2.89. The summed E-state index contributed by atoms with van der Waals surface area (Å²) in [6.07, 6.45) is 0. The van der Waals surface area contributed by atoms with Gasteiger partial charge in [0.15, 0.2) is 0 Å². The van der Waals surface area contributed by atoms with Gasteiger partial charge in [0.2, 0.25) is 0 Å². The van der Waals surface area contributed by atoms with Crippen LogP contribution in [0, 0.1) is 0 Å². The molecule has 0 saturated carbocycles. The maximum atomic E-state index is 5.79. The predicted octanol–water partition coefficient (Wildman–Crippen LogP) is 2.22. The molecule has 6 N–H and O–H groups in total. The van der Waals surface area contributed by atoms with Crippen molar-refractivity contribution >= 4 is 11.4 Å². The average Bonchev–Trinajstić information content (AvgIpc) is 2.53. The van der Waals surface area contributed by atoms with E-state index in [2.05, 4.69) is 10.6 Å². The Kier molecular flexibility index (Phi) is 5.87. The van der Waals surface area contributed by atoms with E-state index >= 15 is 0 Å². The molecule has 0 fully saturated rings. The van der Waals surface area contributed by atoms with Gasteiger partial charge in [-0.1, -0.05) is 0 Å². The van der Waals surface area contributed by atoms with Crippen molar-refractivity contribution in [3.05, 3.63) is 48.5 Å². The van der Waals surface area contributed by atoms with Gasteiger partial charge in [-0.05, 0) is 48.5 Å². The van der Waals surface area contributed by atoms with E-state index in [0.717, 1.165) is 36.0 Å². The van der Waals surface area contributed by atoms with Gasteiger partial charge in [-0.3, -0.25) is 0 Å². The van der Waals surface area contributed by atoms with Gasteiger partial charge in [0.25, 0.3) is 0 Å². The molecular weight excluding hydrogens is 264 g/mol. The van der Waals surface area contributed by atoms with Gasteiger partial charge >= 0.3 is 0 Å². The zero-order chi connectivity index (χ0) is 14.9. The van der Waals surface area contributed by atoms with Crippen LogP contribution in [0.5, 0.6) is 11.5 Å². The van der Waals surface area contributed by atoms with Crippen molar-refractivity contribution in [3.8, 4) is 11.5 Å². The number of nitrogens with two attached hydrogens (primary N) is 2. The molecule has 0 atom stereocenters. The van der Waals surface area contributed by atoms with Crippen LogP contribution in [0.15, 0.2) is 48.5 Å². The summed E-state index contributed by atoms with van der Waals surface area (Å²) in [6, 6.07) is 15.6. The summed E-state index contributed by atoms with van der Waals surface area (Å²) in [7, 11) is 0. The number of rotatable bonds is 8. The number of benzene rings is 2. The monoisotopic (exact) mass is 286 g/mol. The first-order valence-corrected chi connectivity index (χ1v) is 7.07. The van der Waals surface area contributed by atoms with Crippen LogP contribution in [0.25, 0.3) is 0 Å². The number of hydrogen-bond donors (Lipinski definition) is 4. The van der Waals surface area contributed by atoms with Crippen LogP contribution < -0.4 is 26.8 Å². The predicted molar refractivity (Wildman–Crippen MR) is 88.0 cm³/mol. The molecule has 5 heteroatoms. The summed E-state index contributed by atoms with van der Waals surface area (Å²) in [5.41, 5.74) is 13.0. The summed E-state index contributed by atoms with van der Waals surface area (Å²) in [4.78, 5) is 0. The fourth-order valence-corrected chi connectivity index (χ4v) is 1.85. The van der Waals surface area contributed by atoms with Gasteiger partial charge in [0.05, 0.1) is 0 Å². The van der Waals surface area contributed by atoms with Gasteiger partial charge < -0.3 is 26.8 Å². The Morgan fingerprint density at radius 1 is 0.667 bits per heavy atom. The van der Waals surface area contributed by atoms with E-state index in [1.807, 2.05) is 48.5 Å². The molecule has 0 bridgehead atoms. The molecule has 2 aromatic carbocycles. The lowest BCUT2D eigenvalue weighted by atomic mass is 10.3. The van der Waals surface area contributed by atoms with Crippen molar-refractivity contribution in [3.63, 3.8) is 0 Å². The minimum atomic E-state index is 0.614. The van der Waals surface area contributed by atoms with Gasteiger partial charge in [-0.2, -0.15) is 0 Å². The zero-order valence-electron chi connectivity index (χ0n) is 12.0. The van der Waals surface area contributed by atoms with E-state index < -0.39 is 0 Å². The van der Waals surface area contributed by atoms with Gasteiger partial charge in [0.1, 0.15) is 11.5 Å². The smallest absolute Gasteiger partial charge is 0.127 e. The molecule has 0 amide bonds. The van der Waals surface area contributed by atoms with Crippen LogP contribution in [0.4, 0.5) is 11.4 Å². The molecule has 0 aliphatic heterocycles. The SMILES string of the molecule is NCCNc1ccc(Oc2ccc(NCCN)cc2)cc1. The highest BCUT2D eigenvalue weighted by molar-refractivity contribution is 5.49. The lowest BCUT2D eigenvalue weighted by molar-refractivity contribution is 0.483. The van der Waals surface area contributed by atoms with Crippen LogP contribution in [-0.2, 0) is 0 Å². The molecule has 0 aliphatic carbocycles. The Labute approximate surface area is 125 Å². The Hall–Kier alpha value is -2.24. The number of nitrogens with one attached hydrogen (secondary N) is 2. The molecule has 0 spiro atoms. The van der Waals surface area contributed by atoms with E-state index in [-0.39, 0.29) is 0 Å². The Balaban J connectivity index is 1.91. The maximum absolute atomic E-state index is 5.79. The van der Waals surface area contributed by atoms with Gasteiger partial charge in [-0.15, -0.1) is 0 Å². The molecule has 112 valence electrons. The molecule has 0 radical (unpaired) electrons. The normalized spacial score (nSPS) is 10.2. The largest absolute Gasteiger partial charge is 0.457 e. The lowest BCUT2D eigenvalue weighted by Gasteiger charge is -2.09. The quantitative estimate of drug-likeness (QED) is 0.598. The number of hydrogen-bond acceptors (Lipinski definition) is 5. The maximum Gasteiger partial charge on any atom is 0.127 e. The number of anilines is 2. The minimum absolute atomic E-state index is 0.614. The Bertz CT molecular complexity index is 475. The lowest BCUT2D eigenvalue weighted by Crippen LogP contribution is -2.12. The van der Waals surface area contributed by atoms with E-state index in [0.29, 0.717) is 13.1 Å². The van der Waals surface area contributed by atoms with Crippen LogP contribution in [-0.4, -0.2) is 26.2 Å². The third kappa shape index (κ3) is 4.98. The number of ether oxygens (including phenoxy) is 1. The van der Waals surface area contributed by atoms with Gasteiger partial charge in [0, 0.05) is 37.6 Å². The minimum Gasteiger partial charge on any atom is -0.457 e. The third-order valence-corrected chi connectivity index (χ3v) is 2.89. The summed E-state index contributed by atoms with van der Waals surface area (Å²) >= 11 is 0. The highest BCUT2D eigenvalue weighted by Crippen LogP contribution is 2.24. The second-order valence-electron chi connectivity index (χ2n) is 4.58. The second kappa shape index (κ2) is 8.14. The van der Waals surface area contributed by atoms with E-state index in [1.54, 1.807) is 0 Å². The molecule has 0 saturated heterocycles. The molecule has 5 nitrogen and oxygen atoms in total. The highest BCUT2D eigenvalue weighted by atomic mass is 16.5. The summed E-state index contributed by atoms with van der Waals surface area (Å²) in [5.74, 6) is 1.60. The molecule has 0 heterocycles. The fraction of sp³-hybridized carbons (Fsp3) is 0.250. The van der Waals surface area contributed by atoms with Crippen LogP contribution in [0.2, 0.25) is 0 Å². The van der Waals surface area contributed by atoms with Crippen molar-refractivity contribution in [2.75, 3.05) is 36.8 Å². The van der Waals surface area contributed by atoms with Crippen molar-refractivity contribution in [1.29, 1.82) is 0 Å². The topological polar surface area (TPSA) is 85.3 Å². The van der Waals surface area contributed by atoms with Crippen molar-refractivity contribution < 1.29 is 4.74 Å². The first kappa shape index (κ1) is 15.2. The molecule has 2 rings (SSSR count). The zero-order valence-corrected chi connectivity index (χ0v) is 12.0. The van der Waals surface area contributed by atoms with E-state index in [9.17, 15) is 0 Å². The fourth-order valence-electron chi connectivity index (χ4n) is 1.85. The summed E-state index contributed by atoms with van der Waals surface area (Å²) in [5, 5.41) is 6.43. The molecule has 0 aromatic heterocycles. The first-order chi connectivity index (χ1) is 10.3. The molecule has 0 unspecified atom stereocenters. The Morgan fingerprint density at radius 2 is 1.05 bits per heavy atom. The first-order valence-electron chi connectivity index (χ1n) is 7.07. The standard InChI is InChI=1S/C16H22N4O/c17-9-11-19-13-1-5-15(6-2-13)21-16-7-3-14(4-8-16)20-12-10-18/h1-8,19-20H,9-12,17-18H2. The van der Waals surface area contributed by atoms with Gasteiger partial charge in [-0.25, -0.2) is 0 Å². The van der Waals surface area contributed by atoms with Crippen LogP contribution in [0.1, 0.15) is 0 Å². The van der Waals surface area contributed by atoms with Crippen LogP contribution >= 0.6 is 0 Å². The van der Waals surface area contributed by atoms with Crippen molar-refractivity contribution in [1.82, 2.24) is 0 Å². The highest BCUT2D eigenvalue weighted by Gasteiger charge is 1.98. The van der Waals surface area contributed by atoms with Crippen molar-refractivity contribution in [2.45, 2.75) is 0 Å². The molecule has 21 heavy (non-hydrogen) atoms. The van der Waals surface area contributed by atoms with E-state index in [1.165, 1.54) is 0 Å². The molecule has 0 aliphatic rings. The van der Waals surface area contributed by atoms with E-state index in [4.69, 9.17) is 16.2 Å². The molecular formula is C16H22N4O. The van der Waals surface area contributed by atoms with Crippen LogP contribution in [0.3, 0.4) is 0 Å². The summed E-state index contributed by atoms with van der Waals surface area (Å²) < 4.78 is 5.79. The second-order valence-corrected chi connectivity index (χ2v) is 4.58. The molecule has 2 aromatic rings.